The van der Waals surface area contributed by atoms with Crippen LogP contribution in [0.1, 0.15) is 33.1 Å². The smallest absolute Gasteiger partial charge is 0.0711 e. The van der Waals surface area contributed by atoms with Crippen molar-refractivity contribution in [2.45, 2.75) is 45.2 Å². The van der Waals surface area contributed by atoms with Gasteiger partial charge in [0.05, 0.1) is 6.04 Å². The average Bonchev–Trinajstić information content (AvgIpc) is 2.27. The lowest BCUT2D eigenvalue weighted by molar-refractivity contribution is 0.140. The Morgan fingerprint density at radius 3 is 2.50 bits per heavy atom. The van der Waals surface area contributed by atoms with E-state index in [2.05, 4.69) is 30.0 Å². The molecule has 0 radical (unpaired) electrons. The molecule has 0 spiro atoms. The van der Waals surface area contributed by atoms with Crippen molar-refractivity contribution in [3.63, 3.8) is 0 Å². The van der Waals surface area contributed by atoms with Gasteiger partial charge in [-0.1, -0.05) is 19.8 Å². The Morgan fingerprint density at radius 1 is 1.43 bits per heavy atom. The Hall–Kier alpha value is -0.520. The number of rotatable bonds is 4. The molecule has 0 saturated carbocycles. The largest absolute Gasteiger partial charge is 0.317 e. The average molecular weight is 194 g/mol. The Bertz CT molecular complexity index is 189. The third-order valence-electron chi connectivity index (χ3n) is 3.12. The predicted molar refractivity (Wildman–Crippen MR) is 61.2 cm³/mol. The number of piperidine rings is 1. The minimum absolute atomic E-state index is 0.336. The fraction of sp³-hybridized carbons (Fsp3) is 0.833. The lowest BCUT2D eigenvalue weighted by Gasteiger charge is -2.37. The zero-order chi connectivity index (χ0) is 10.4. The van der Waals surface area contributed by atoms with Crippen molar-refractivity contribution < 1.29 is 0 Å². The lowest BCUT2D eigenvalue weighted by Crippen LogP contribution is -2.47. The molecule has 0 aliphatic carbocycles. The van der Waals surface area contributed by atoms with Gasteiger partial charge in [0.2, 0.25) is 0 Å². The molecule has 0 aromatic rings. The van der Waals surface area contributed by atoms with Crippen LogP contribution in [0.3, 0.4) is 0 Å². The van der Waals surface area contributed by atoms with Gasteiger partial charge in [-0.2, -0.15) is 0 Å². The third kappa shape index (κ3) is 2.73. The van der Waals surface area contributed by atoms with Crippen LogP contribution in [0.2, 0.25) is 0 Å². The zero-order valence-electron chi connectivity index (χ0n) is 9.42. The quantitative estimate of drug-likeness (QED) is 0.682. The van der Waals surface area contributed by atoms with Crippen LogP contribution in [-0.4, -0.2) is 36.6 Å². The van der Waals surface area contributed by atoms with Crippen molar-refractivity contribution in [1.29, 1.82) is 0 Å². The van der Waals surface area contributed by atoms with E-state index in [0.717, 1.165) is 26.1 Å². The van der Waals surface area contributed by atoms with E-state index in [-0.39, 0.29) is 0 Å². The Kier molecular flexibility index (Phi) is 5.00. The number of nitrogens with zero attached hydrogens (tertiary/aromatic N) is 1. The molecule has 1 atom stereocenters. The van der Waals surface area contributed by atoms with Crippen molar-refractivity contribution in [3.05, 3.63) is 0 Å². The molecular formula is C12H22N2. The molecule has 1 fully saturated rings. The molecule has 1 rings (SSSR count). The maximum absolute atomic E-state index is 5.56. The fourth-order valence-corrected chi connectivity index (χ4v) is 2.32. The van der Waals surface area contributed by atoms with Crippen LogP contribution in [0.5, 0.6) is 0 Å². The normalized spacial score (nSPS) is 20.7. The van der Waals surface area contributed by atoms with Crippen molar-refractivity contribution in [2.75, 3.05) is 19.6 Å². The molecule has 80 valence electrons. The van der Waals surface area contributed by atoms with Gasteiger partial charge in [0.25, 0.3) is 0 Å². The SMILES string of the molecule is C#CC(CC)N(CC)C1CCNCC1. The summed E-state index contributed by atoms with van der Waals surface area (Å²) in [5, 5.41) is 3.39. The van der Waals surface area contributed by atoms with Crippen LogP contribution in [0.4, 0.5) is 0 Å². The highest BCUT2D eigenvalue weighted by atomic mass is 15.2. The molecule has 1 aliphatic rings. The first-order valence-corrected chi connectivity index (χ1v) is 5.76. The summed E-state index contributed by atoms with van der Waals surface area (Å²) in [5.74, 6) is 2.91. The highest BCUT2D eigenvalue weighted by Gasteiger charge is 2.23. The summed E-state index contributed by atoms with van der Waals surface area (Å²) in [6.45, 7) is 7.74. The Balaban J connectivity index is 2.55. The Labute approximate surface area is 88.1 Å². The van der Waals surface area contributed by atoms with Gasteiger partial charge >= 0.3 is 0 Å². The van der Waals surface area contributed by atoms with Gasteiger partial charge < -0.3 is 5.32 Å². The van der Waals surface area contributed by atoms with E-state index in [1.165, 1.54) is 12.8 Å². The monoisotopic (exact) mass is 194 g/mol. The maximum Gasteiger partial charge on any atom is 0.0711 e. The van der Waals surface area contributed by atoms with Crippen LogP contribution in [0.25, 0.3) is 0 Å². The van der Waals surface area contributed by atoms with Gasteiger partial charge in [-0.05, 0) is 38.9 Å². The number of hydrogen-bond acceptors (Lipinski definition) is 2. The highest BCUT2D eigenvalue weighted by Crippen LogP contribution is 2.16. The fourth-order valence-electron chi connectivity index (χ4n) is 2.32. The lowest BCUT2D eigenvalue weighted by atomic mass is 10.0. The molecule has 0 aromatic carbocycles. The van der Waals surface area contributed by atoms with Crippen LogP contribution in [0.15, 0.2) is 0 Å². The molecule has 0 amide bonds. The van der Waals surface area contributed by atoms with Crippen molar-refractivity contribution in [1.82, 2.24) is 10.2 Å². The predicted octanol–water partition coefficient (Wildman–Crippen LogP) is 1.47. The van der Waals surface area contributed by atoms with E-state index in [1.807, 2.05) is 0 Å². The van der Waals surface area contributed by atoms with Crippen molar-refractivity contribution in [2.24, 2.45) is 0 Å². The molecule has 2 nitrogen and oxygen atoms in total. The molecule has 1 unspecified atom stereocenters. The van der Waals surface area contributed by atoms with Gasteiger partial charge in [-0.15, -0.1) is 6.42 Å². The minimum Gasteiger partial charge on any atom is -0.317 e. The van der Waals surface area contributed by atoms with Gasteiger partial charge in [0, 0.05) is 6.04 Å². The van der Waals surface area contributed by atoms with Crippen molar-refractivity contribution >= 4 is 0 Å². The van der Waals surface area contributed by atoms with Crippen LogP contribution >= 0.6 is 0 Å². The summed E-state index contributed by atoms with van der Waals surface area (Å²) < 4.78 is 0. The molecular weight excluding hydrogens is 172 g/mol. The summed E-state index contributed by atoms with van der Waals surface area (Å²) in [4.78, 5) is 2.49. The van der Waals surface area contributed by atoms with Gasteiger partial charge in [-0.25, -0.2) is 0 Å². The minimum atomic E-state index is 0.336. The summed E-state index contributed by atoms with van der Waals surface area (Å²) in [6, 6.07) is 1.03. The molecule has 1 N–H and O–H groups in total. The summed E-state index contributed by atoms with van der Waals surface area (Å²) in [6.07, 6.45) is 9.11. The second-order valence-corrected chi connectivity index (χ2v) is 3.90. The summed E-state index contributed by atoms with van der Waals surface area (Å²) in [7, 11) is 0. The topological polar surface area (TPSA) is 15.3 Å². The van der Waals surface area contributed by atoms with Crippen molar-refractivity contribution in [3.8, 4) is 12.3 Å². The summed E-state index contributed by atoms with van der Waals surface area (Å²) >= 11 is 0. The molecule has 14 heavy (non-hydrogen) atoms. The molecule has 0 aromatic heterocycles. The van der Waals surface area contributed by atoms with Crippen LogP contribution < -0.4 is 5.32 Å². The maximum atomic E-state index is 5.56. The van der Waals surface area contributed by atoms with Crippen LogP contribution in [-0.2, 0) is 0 Å². The Morgan fingerprint density at radius 2 is 2.07 bits per heavy atom. The first-order valence-electron chi connectivity index (χ1n) is 5.76. The van der Waals surface area contributed by atoms with E-state index >= 15 is 0 Å². The molecule has 1 aliphatic heterocycles. The third-order valence-corrected chi connectivity index (χ3v) is 3.12. The molecule has 1 saturated heterocycles. The molecule has 0 bridgehead atoms. The number of hydrogen-bond donors (Lipinski definition) is 1. The molecule has 2 heteroatoms. The second kappa shape index (κ2) is 6.06. The number of terminal acetylenes is 1. The first-order chi connectivity index (χ1) is 6.83. The summed E-state index contributed by atoms with van der Waals surface area (Å²) in [5.41, 5.74) is 0. The standard InChI is InChI=1S/C12H22N2/c1-4-11(5-2)14(6-3)12-7-9-13-10-8-12/h1,11-13H,5-10H2,2-3H3. The van der Waals surface area contributed by atoms with E-state index in [9.17, 15) is 0 Å². The first kappa shape index (κ1) is 11.6. The zero-order valence-corrected chi connectivity index (χ0v) is 9.42. The van der Waals surface area contributed by atoms with E-state index in [0.29, 0.717) is 12.1 Å². The van der Waals surface area contributed by atoms with Gasteiger partial charge in [0.15, 0.2) is 0 Å². The number of nitrogens with one attached hydrogen (secondary N) is 1. The van der Waals surface area contributed by atoms with Gasteiger partial charge in [-0.3, -0.25) is 4.90 Å². The van der Waals surface area contributed by atoms with E-state index < -0.39 is 0 Å². The van der Waals surface area contributed by atoms with Crippen LogP contribution in [0, 0.1) is 12.3 Å². The van der Waals surface area contributed by atoms with E-state index in [4.69, 9.17) is 6.42 Å². The molecule has 1 heterocycles. The highest BCUT2D eigenvalue weighted by molar-refractivity contribution is 5.01. The van der Waals surface area contributed by atoms with Gasteiger partial charge in [0.1, 0.15) is 0 Å². The van der Waals surface area contributed by atoms with E-state index in [1.54, 1.807) is 0 Å². The second-order valence-electron chi connectivity index (χ2n) is 3.90.